The van der Waals surface area contributed by atoms with Gasteiger partial charge in [0.25, 0.3) is 0 Å². The van der Waals surface area contributed by atoms with Gasteiger partial charge in [0.05, 0.1) is 0 Å². The van der Waals surface area contributed by atoms with E-state index in [4.69, 9.17) is 0 Å². The summed E-state index contributed by atoms with van der Waals surface area (Å²) in [6, 6.07) is 10.00. The predicted octanol–water partition coefficient (Wildman–Crippen LogP) is 4.37. The van der Waals surface area contributed by atoms with Crippen molar-refractivity contribution in [1.82, 2.24) is 4.98 Å². The van der Waals surface area contributed by atoms with Crippen molar-refractivity contribution >= 4 is 11.8 Å². The Bertz CT molecular complexity index is 741. The minimum absolute atomic E-state index is 0.167. The summed E-state index contributed by atoms with van der Waals surface area (Å²) in [5.41, 5.74) is 3.81. The lowest BCUT2D eigenvalue weighted by Crippen LogP contribution is -2.21. The van der Waals surface area contributed by atoms with Crippen molar-refractivity contribution in [3.63, 3.8) is 0 Å². The molecule has 0 aliphatic rings. The molecule has 1 heterocycles. The van der Waals surface area contributed by atoms with Crippen LogP contribution in [0.5, 0.6) is 0 Å². The van der Waals surface area contributed by atoms with Crippen LogP contribution in [0.25, 0.3) is 11.1 Å². The second-order valence-electron chi connectivity index (χ2n) is 7.25. The molecule has 0 aliphatic carbocycles. The molecule has 0 amide bonds. The van der Waals surface area contributed by atoms with E-state index in [1.807, 2.05) is 44.4 Å². The minimum atomic E-state index is -0.957. The number of benzene rings is 1. The fraction of sp³-hybridized carbons (Fsp3) is 0.400. The lowest BCUT2D eigenvalue weighted by atomic mass is 9.88. The molecule has 0 unspecified atom stereocenters. The van der Waals surface area contributed by atoms with E-state index in [9.17, 15) is 9.90 Å². The second-order valence-corrected chi connectivity index (χ2v) is 7.25. The Morgan fingerprint density at radius 2 is 1.75 bits per heavy atom. The minimum Gasteiger partial charge on any atom is -0.478 e. The molecule has 2 rings (SSSR count). The molecule has 4 heteroatoms. The predicted molar refractivity (Wildman–Crippen MR) is 99.0 cm³/mol. The molecule has 0 saturated heterocycles. The number of hydrogen-bond acceptors (Lipinski definition) is 3. The van der Waals surface area contributed by atoms with Crippen molar-refractivity contribution in [2.24, 2.45) is 0 Å². The van der Waals surface area contributed by atoms with Gasteiger partial charge in [-0.05, 0) is 23.6 Å². The van der Waals surface area contributed by atoms with E-state index in [2.05, 4.69) is 32.7 Å². The van der Waals surface area contributed by atoms with Crippen molar-refractivity contribution in [2.45, 2.75) is 39.5 Å². The monoisotopic (exact) mass is 326 g/mol. The Hall–Kier alpha value is -2.36. The summed E-state index contributed by atoms with van der Waals surface area (Å²) in [5, 5.41) is 9.78. The van der Waals surface area contributed by atoms with Crippen LogP contribution in [-0.2, 0) is 11.8 Å². The van der Waals surface area contributed by atoms with E-state index in [1.165, 1.54) is 5.56 Å². The molecule has 0 atom stereocenters. The maximum absolute atomic E-state index is 11.9. The van der Waals surface area contributed by atoms with Gasteiger partial charge in [-0.2, -0.15) is 0 Å². The quantitative estimate of drug-likeness (QED) is 0.906. The van der Waals surface area contributed by atoms with Crippen molar-refractivity contribution < 1.29 is 9.90 Å². The number of carbonyl (C=O) groups is 1. The molecule has 0 aliphatic heterocycles. The number of nitrogens with zero attached hydrogens (tertiary/aromatic N) is 2. The Morgan fingerprint density at radius 3 is 2.17 bits per heavy atom. The molecule has 1 aromatic heterocycles. The highest BCUT2D eigenvalue weighted by Gasteiger charge is 2.25. The zero-order valence-electron chi connectivity index (χ0n) is 15.3. The lowest BCUT2D eigenvalue weighted by Gasteiger charge is -2.24. The Kier molecular flexibility index (Phi) is 4.97. The van der Waals surface area contributed by atoms with Crippen LogP contribution in [0, 0.1) is 0 Å². The number of carboxylic acids is 1. The van der Waals surface area contributed by atoms with Crippen LogP contribution >= 0.6 is 0 Å². The van der Waals surface area contributed by atoms with Crippen molar-refractivity contribution in [1.29, 1.82) is 0 Å². The van der Waals surface area contributed by atoms with Gasteiger partial charge in [0.15, 0.2) is 0 Å². The van der Waals surface area contributed by atoms with Crippen LogP contribution in [0.2, 0.25) is 0 Å². The summed E-state index contributed by atoms with van der Waals surface area (Å²) in [6.45, 7) is 8.35. The van der Waals surface area contributed by atoms with E-state index in [-0.39, 0.29) is 11.0 Å². The molecule has 128 valence electrons. The van der Waals surface area contributed by atoms with E-state index in [0.29, 0.717) is 11.4 Å². The number of aryl methyl sites for hydroxylation is 1. The molecule has 0 spiro atoms. The van der Waals surface area contributed by atoms with E-state index < -0.39 is 5.97 Å². The first-order valence-corrected chi connectivity index (χ1v) is 8.20. The van der Waals surface area contributed by atoms with E-state index in [0.717, 1.165) is 17.7 Å². The van der Waals surface area contributed by atoms with Crippen molar-refractivity contribution in [2.75, 3.05) is 19.0 Å². The number of carboxylic acid groups (broad SMARTS) is 1. The smallest absolute Gasteiger partial charge is 0.340 e. The SMILES string of the molecule is CCc1ccc(-c2cc(C(C)(C)C)nc(N(C)C)c2C(=O)O)cc1. The summed E-state index contributed by atoms with van der Waals surface area (Å²) in [5.74, 6) is -0.467. The molecule has 4 nitrogen and oxygen atoms in total. The highest BCUT2D eigenvalue weighted by Crippen LogP contribution is 2.34. The summed E-state index contributed by atoms with van der Waals surface area (Å²) in [6.07, 6.45) is 0.957. The van der Waals surface area contributed by atoms with Gasteiger partial charge in [0, 0.05) is 30.8 Å². The molecule has 2 aromatic rings. The van der Waals surface area contributed by atoms with Gasteiger partial charge in [0.2, 0.25) is 0 Å². The summed E-state index contributed by atoms with van der Waals surface area (Å²) < 4.78 is 0. The van der Waals surface area contributed by atoms with Crippen LogP contribution < -0.4 is 4.90 Å². The molecule has 0 saturated carbocycles. The standard InChI is InChI=1S/C20H26N2O2/c1-7-13-8-10-14(11-9-13)15-12-16(20(2,3)4)21-18(22(5)6)17(15)19(23)24/h8-12H,7H2,1-6H3,(H,23,24). The van der Waals surface area contributed by atoms with Gasteiger partial charge < -0.3 is 10.0 Å². The molecule has 0 radical (unpaired) electrons. The Balaban J connectivity index is 2.79. The molecule has 24 heavy (non-hydrogen) atoms. The number of hydrogen-bond donors (Lipinski definition) is 1. The van der Waals surface area contributed by atoms with Crippen LogP contribution in [0.1, 0.15) is 49.3 Å². The number of aromatic nitrogens is 1. The van der Waals surface area contributed by atoms with Gasteiger partial charge in [-0.25, -0.2) is 9.78 Å². The van der Waals surface area contributed by atoms with Gasteiger partial charge in [-0.1, -0.05) is 52.0 Å². The Morgan fingerprint density at radius 1 is 1.17 bits per heavy atom. The largest absolute Gasteiger partial charge is 0.478 e. The summed E-state index contributed by atoms with van der Waals surface area (Å²) in [4.78, 5) is 18.3. The van der Waals surface area contributed by atoms with E-state index in [1.54, 1.807) is 4.90 Å². The lowest BCUT2D eigenvalue weighted by molar-refractivity contribution is 0.0698. The van der Waals surface area contributed by atoms with Crippen LogP contribution in [-0.4, -0.2) is 30.2 Å². The average Bonchev–Trinajstić information content (AvgIpc) is 2.52. The number of aromatic carboxylic acids is 1. The topological polar surface area (TPSA) is 53.4 Å². The van der Waals surface area contributed by atoms with Crippen LogP contribution in [0.15, 0.2) is 30.3 Å². The second kappa shape index (κ2) is 6.63. The normalized spacial score (nSPS) is 11.4. The fourth-order valence-corrected chi connectivity index (χ4v) is 2.60. The van der Waals surface area contributed by atoms with Gasteiger partial charge in [-0.15, -0.1) is 0 Å². The number of anilines is 1. The molecule has 1 aromatic carbocycles. The zero-order valence-corrected chi connectivity index (χ0v) is 15.3. The third kappa shape index (κ3) is 3.58. The van der Waals surface area contributed by atoms with Gasteiger partial charge >= 0.3 is 5.97 Å². The van der Waals surface area contributed by atoms with Crippen molar-refractivity contribution in [3.8, 4) is 11.1 Å². The fourth-order valence-electron chi connectivity index (χ4n) is 2.60. The highest BCUT2D eigenvalue weighted by molar-refractivity contribution is 6.01. The average molecular weight is 326 g/mol. The maximum Gasteiger partial charge on any atom is 0.340 e. The molecular weight excluding hydrogens is 300 g/mol. The number of rotatable bonds is 4. The maximum atomic E-state index is 11.9. The highest BCUT2D eigenvalue weighted by atomic mass is 16.4. The van der Waals surface area contributed by atoms with Crippen molar-refractivity contribution in [3.05, 3.63) is 47.2 Å². The summed E-state index contributed by atoms with van der Waals surface area (Å²) in [7, 11) is 3.65. The number of pyridine rings is 1. The molecule has 0 fully saturated rings. The third-order valence-corrected chi connectivity index (χ3v) is 4.08. The van der Waals surface area contributed by atoms with E-state index >= 15 is 0 Å². The van der Waals surface area contributed by atoms with Gasteiger partial charge in [0.1, 0.15) is 11.4 Å². The Labute approximate surface area is 144 Å². The molecule has 0 bridgehead atoms. The zero-order chi connectivity index (χ0) is 18.1. The first-order chi connectivity index (χ1) is 11.1. The van der Waals surface area contributed by atoms with Crippen LogP contribution in [0.4, 0.5) is 5.82 Å². The summed E-state index contributed by atoms with van der Waals surface area (Å²) >= 11 is 0. The van der Waals surface area contributed by atoms with Gasteiger partial charge in [-0.3, -0.25) is 0 Å². The van der Waals surface area contributed by atoms with Crippen LogP contribution in [0.3, 0.4) is 0 Å². The molecular formula is C20H26N2O2. The third-order valence-electron chi connectivity index (χ3n) is 4.08. The first-order valence-electron chi connectivity index (χ1n) is 8.20. The first kappa shape index (κ1) is 18.0. The molecule has 1 N–H and O–H groups in total.